The number of rotatable bonds is 13. The lowest BCUT2D eigenvalue weighted by molar-refractivity contribution is -0.138. The zero-order valence-electron chi connectivity index (χ0n) is 41.2. The van der Waals surface area contributed by atoms with E-state index in [1.54, 1.807) is 0 Å². The van der Waals surface area contributed by atoms with Crippen molar-refractivity contribution in [1.82, 2.24) is 19.4 Å². The molecule has 6 nitrogen and oxygen atoms in total. The van der Waals surface area contributed by atoms with Crippen LogP contribution < -0.4 is 5.56 Å². The monoisotopic (exact) mass is 695 g/mol. The van der Waals surface area contributed by atoms with Crippen molar-refractivity contribution < 1.29 is 42.9 Å². The van der Waals surface area contributed by atoms with E-state index in [4.69, 9.17) is 20.6 Å². The third-order valence-electron chi connectivity index (χ3n) is 7.53. The highest BCUT2D eigenvalue weighted by molar-refractivity contribution is 7.98. The second-order valence-electron chi connectivity index (χ2n) is 10.7. The van der Waals surface area contributed by atoms with Crippen molar-refractivity contribution in [2.24, 2.45) is 0 Å². The van der Waals surface area contributed by atoms with Gasteiger partial charge in [-0.2, -0.15) is 18.2 Å². The van der Waals surface area contributed by atoms with Crippen molar-refractivity contribution in [3.8, 4) is 11.1 Å². The number of hydrogen-bond donors (Lipinski definition) is 0. The van der Waals surface area contributed by atoms with Crippen molar-refractivity contribution in [2.75, 3.05) is 26.1 Å². The summed E-state index contributed by atoms with van der Waals surface area (Å²) in [5, 5.41) is -0.113. The van der Waals surface area contributed by atoms with Gasteiger partial charge < -0.3 is 14.4 Å². The first-order valence-electron chi connectivity index (χ1n) is 22.3. The third kappa shape index (κ3) is 8.54. The average molecular weight is 696 g/mol. The maximum atomic E-state index is 14.6. The number of hydrogen-bond acceptors (Lipinski definition) is 5. The SMILES string of the molecule is [2H]c1c([2H])c(CSc2nc(=O)c3c(n2CC(=O)N(CCN(C([2H])([2H])C)C([2H])([2H])C)Cc2c([2H])c([2H])c(-c4c([2H])c([2H])c(C(F)(F)F)c(C)c4[2H])c([2H])c2[2H])CCC3)c([2H])c([2H])c1F. The fourth-order valence-electron chi connectivity index (χ4n) is 5.12. The Morgan fingerprint density at radius 2 is 1.65 bits per heavy atom. The van der Waals surface area contributed by atoms with Crippen LogP contribution in [-0.2, 0) is 42.7 Å². The van der Waals surface area contributed by atoms with Crippen LogP contribution in [0.15, 0.2) is 76.4 Å². The topological polar surface area (TPSA) is 58.4 Å². The largest absolute Gasteiger partial charge is 0.416 e. The summed E-state index contributed by atoms with van der Waals surface area (Å²) in [6.45, 7) is -4.00. The lowest BCUT2D eigenvalue weighted by Crippen LogP contribution is -2.40. The summed E-state index contributed by atoms with van der Waals surface area (Å²) in [6.07, 6.45) is -4.07. The van der Waals surface area contributed by atoms with Gasteiger partial charge in [-0.15, -0.1) is 0 Å². The zero-order valence-corrected chi connectivity index (χ0v) is 27.0. The number of carbonyl (C=O) groups excluding carboxylic acids is 1. The highest BCUT2D eigenvalue weighted by Gasteiger charge is 2.32. The van der Waals surface area contributed by atoms with Crippen LogP contribution in [0.1, 0.15) is 74.3 Å². The Morgan fingerprint density at radius 3 is 2.31 bits per heavy atom. The van der Waals surface area contributed by atoms with E-state index < -0.39 is 157 Å². The van der Waals surface area contributed by atoms with Gasteiger partial charge in [0.25, 0.3) is 5.56 Å². The smallest absolute Gasteiger partial charge is 0.336 e. The van der Waals surface area contributed by atoms with Gasteiger partial charge in [-0.05, 0) is 85.1 Å². The number of nitrogens with zero attached hydrogens (tertiary/aromatic N) is 4. The minimum absolute atomic E-state index is 0.113. The van der Waals surface area contributed by atoms with Gasteiger partial charge in [0, 0.05) is 42.1 Å². The van der Waals surface area contributed by atoms with Crippen molar-refractivity contribution in [1.29, 1.82) is 0 Å². The van der Waals surface area contributed by atoms with Crippen LogP contribution in [0.4, 0.5) is 17.6 Å². The molecule has 3 aromatic carbocycles. The van der Waals surface area contributed by atoms with Gasteiger partial charge in [-0.3, -0.25) is 9.59 Å². The zero-order chi connectivity index (χ0) is 47.6. The average Bonchev–Trinajstić information content (AvgIpc) is 3.68. The van der Waals surface area contributed by atoms with Crippen LogP contribution >= 0.6 is 11.8 Å². The van der Waals surface area contributed by atoms with Crippen LogP contribution in [0.2, 0.25) is 0 Å². The number of fused-ring (bicyclic) bond motifs is 1. The number of carbonyl (C=O) groups is 1. The summed E-state index contributed by atoms with van der Waals surface area (Å²) >= 11 is 0.758. The standard InChI is InChI=1S/C37H40F4N4O2S/c1-4-43(5-2)19-20-44(22-26-9-13-28(14-10-26)29-15-18-32(25(3)21-29)37(39,40)41)34(46)23-45-33-8-6-7-31(33)35(47)42-36(45)48-24-27-11-16-30(38)17-12-27/h9-18,21H,4-8,19-20,22-24H2,1-3H3/i4D2,5D2,9D,10D,11D,12D,13D,14D,15D,16D,17D,18D,21D. The summed E-state index contributed by atoms with van der Waals surface area (Å²) in [5.74, 6) is -2.57. The molecule has 0 saturated carbocycles. The predicted molar refractivity (Wildman–Crippen MR) is 181 cm³/mol. The normalized spacial score (nSPS) is 17.9. The van der Waals surface area contributed by atoms with Crippen LogP contribution in [0.3, 0.4) is 0 Å². The molecule has 0 aliphatic heterocycles. The Bertz CT molecular complexity index is 2480. The Morgan fingerprint density at radius 1 is 0.979 bits per heavy atom. The summed E-state index contributed by atoms with van der Waals surface area (Å²) in [7, 11) is 0. The first kappa shape index (κ1) is 20.5. The van der Waals surface area contributed by atoms with Gasteiger partial charge >= 0.3 is 6.18 Å². The van der Waals surface area contributed by atoms with E-state index in [2.05, 4.69) is 4.98 Å². The van der Waals surface area contributed by atoms with E-state index >= 15 is 0 Å². The molecule has 0 atom stereocenters. The van der Waals surface area contributed by atoms with Gasteiger partial charge in [0.2, 0.25) is 5.91 Å². The van der Waals surface area contributed by atoms with Gasteiger partial charge in [0.05, 0.1) is 20.6 Å². The molecule has 0 radical (unpaired) electrons. The lowest BCUT2D eigenvalue weighted by atomic mass is 9.98. The highest BCUT2D eigenvalue weighted by atomic mass is 32.2. The summed E-state index contributed by atoms with van der Waals surface area (Å²) < 4.78 is 183. The number of amides is 1. The molecule has 0 spiro atoms. The maximum absolute atomic E-state index is 14.6. The first-order chi connectivity index (χ1) is 28.9. The summed E-state index contributed by atoms with van der Waals surface area (Å²) in [5.41, 5.74) is -4.51. The molecule has 5 rings (SSSR count). The molecular weight excluding hydrogens is 640 g/mol. The fraction of sp³-hybridized carbons (Fsp3) is 0.378. The van der Waals surface area contributed by atoms with Crippen molar-refractivity contribution >= 4 is 17.7 Å². The molecule has 1 heterocycles. The van der Waals surface area contributed by atoms with E-state index in [-0.39, 0.29) is 28.5 Å². The number of halogens is 4. The lowest BCUT2D eigenvalue weighted by Gasteiger charge is -2.28. The fourth-order valence-corrected chi connectivity index (χ4v) is 6.01. The quantitative estimate of drug-likeness (QED) is 0.0823. The molecule has 1 aliphatic rings. The van der Waals surface area contributed by atoms with E-state index in [0.29, 0.717) is 18.5 Å². The third-order valence-corrected chi connectivity index (χ3v) is 8.53. The number of thioether (sulfide) groups is 1. The molecule has 0 fully saturated rings. The second-order valence-corrected chi connectivity index (χ2v) is 11.6. The summed E-state index contributed by atoms with van der Waals surface area (Å²) in [6, 6.07) is -10.1. The van der Waals surface area contributed by atoms with Crippen LogP contribution in [-0.4, -0.2) is 51.3 Å². The highest BCUT2D eigenvalue weighted by Crippen LogP contribution is 2.34. The van der Waals surface area contributed by atoms with Crippen LogP contribution in [0, 0.1) is 12.7 Å². The molecule has 11 heteroatoms. The van der Waals surface area contributed by atoms with Gasteiger partial charge in [-0.1, -0.05) is 73.9 Å². The van der Waals surface area contributed by atoms with E-state index in [0.717, 1.165) is 42.3 Å². The second kappa shape index (κ2) is 15.5. The molecule has 1 aliphatic carbocycles. The van der Waals surface area contributed by atoms with Gasteiger partial charge in [-0.25, -0.2) is 4.39 Å². The van der Waals surface area contributed by atoms with Gasteiger partial charge in [0.15, 0.2) is 5.16 Å². The van der Waals surface area contributed by atoms with E-state index in [1.165, 1.54) is 4.57 Å². The van der Waals surface area contributed by atoms with Crippen molar-refractivity contribution in [3.05, 3.63) is 116 Å². The Hall–Kier alpha value is -3.96. The number of aromatic nitrogens is 2. The predicted octanol–water partition coefficient (Wildman–Crippen LogP) is 7.53. The van der Waals surface area contributed by atoms with Gasteiger partial charge in [0.1, 0.15) is 12.4 Å². The molecular formula is C37H40F4N4O2S. The molecule has 0 bridgehead atoms. The van der Waals surface area contributed by atoms with Crippen molar-refractivity contribution in [3.63, 3.8) is 0 Å². The molecule has 0 saturated heterocycles. The molecule has 48 heavy (non-hydrogen) atoms. The molecule has 1 aromatic heterocycles. The number of benzene rings is 3. The van der Waals surface area contributed by atoms with Crippen LogP contribution in [0.5, 0.6) is 0 Å². The molecule has 254 valence electrons. The van der Waals surface area contributed by atoms with Crippen molar-refractivity contribution in [2.45, 2.75) is 70.2 Å². The Balaban J connectivity index is 1.63. The molecule has 0 unspecified atom stereocenters. The first-order valence-corrected chi connectivity index (χ1v) is 15.7. The Labute approximate surface area is 303 Å². The minimum atomic E-state index is -5.13. The maximum Gasteiger partial charge on any atom is 0.416 e. The molecule has 0 N–H and O–H groups in total. The summed E-state index contributed by atoms with van der Waals surface area (Å²) in [4.78, 5) is 33.7. The minimum Gasteiger partial charge on any atom is -0.336 e. The van der Waals surface area contributed by atoms with E-state index in [1.807, 2.05) is 0 Å². The molecule has 1 amide bonds. The van der Waals surface area contributed by atoms with E-state index in [9.17, 15) is 27.2 Å². The number of likely N-dealkylation sites (N-methyl/N-ethyl adjacent to an activating group) is 1. The molecule has 4 aromatic rings. The number of alkyl halides is 3. The van der Waals surface area contributed by atoms with Crippen LogP contribution in [0.25, 0.3) is 11.1 Å². The Kier molecular flexibility index (Phi) is 6.63.